The Labute approximate surface area is 90.8 Å². The largest absolute Gasteiger partial charge is 0.444 e. The van der Waals surface area contributed by atoms with Gasteiger partial charge in [0.25, 0.3) is 0 Å². The van der Waals surface area contributed by atoms with Gasteiger partial charge in [-0.05, 0) is 46.1 Å². The van der Waals surface area contributed by atoms with E-state index in [1.54, 1.807) is 0 Å². The van der Waals surface area contributed by atoms with E-state index in [0.29, 0.717) is 12.1 Å². The lowest BCUT2D eigenvalue weighted by molar-refractivity contribution is 0.0505. The van der Waals surface area contributed by atoms with E-state index in [9.17, 15) is 4.79 Å². The number of nitrogens with one attached hydrogen (secondary N) is 2. The highest BCUT2D eigenvalue weighted by Gasteiger charge is 2.40. The molecule has 86 valence electrons. The predicted molar refractivity (Wildman–Crippen MR) is 57.7 cm³/mol. The van der Waals surface area contributed by atoms with Crippen LogP contribution >= 0.6 is 0 Å². The van der Waals surface area contributed by atoms with Gasteiger partial charge in [0.2, 0.25) is 0 Å². The SMILES string of the molecule is CC(C)(C)OC(=O)N[C@@H]1C[C@H]2CN[C@H]2C1. The van der Waals surface area contributed by atoms with Crippen LogP contribution in [0.5, 0.6) is 0 Å². The maximum atomic E-state index is 11.5. The molecule has 2 fully saturated rings. The van der Waals surface area contributed by atoms with Crippen LogP contribution in [0.3, 0.4) is 0 Å². The maximum Gasteiger partial charge on any atom is 0.407 e. The fourth-order valence-corrected chi connectivity index (χ4v) is 2.33. The van der Waals surface area contributed by atoms with Gasteiger partial charge in [-0.3, -0.25) is 0 Å². The first-order valence-electron chi connectivity index (χ1n) is 5.67. The molecule has 0 aromatic rings. The van der Waals surface area contributed by atoms with E-state index in [1.807, 2.05) is 20.8 Å². The summed E-state index contributed by atoms with van der Waals surface area (Å²) in [5.41, 5.74) is -0.403. The first-order chi connectivity index (χ1) is 6.94. The van der Waals surface area contributed by atoms with E-state index in [2.05, 4.69) is 10.6 Å². The van der Waals surface area contributed by atoms with Crippen LogP contribution in [-0.4, -0.2) is 30.3 Å². The lowest BCUT2D eigenvalue weighted by Crippen LogP contribution is -2.49. The van der Waals surface area contributed by atoms with Crippen LogP contribution in [-0.2, 0) is 4.74 Å². The summed E-state index contributed by atoms with van der Waals surface area (Å²) in [6.45, 7) is 6.75. The average Bonchev–Trinajstić information content (AvgIpc) is 2.26. The number of rotatable bonds is 1. The monoisotopic (exact) mass is 212 g/mol. The first kappa shape index (κ1) is 10.7. The van der Waals surface area contributed by atoms with Crippen molar-refractivity contribution in [1.82, 2.24) is 10.6 Å². The quantitative estimate of drug-likeness (QED) is 0.688. The first-order valence-corrected chi connectivity index (χ1v) is 5.67. The van der Waals surface area contributed by atoms with E-state index >= 15 is 0 Å². The maximum absolute atomic E-state index is 11.5. The molecule has 1 amide bonds. The molecule has 2 aliphatic rings. The Morgan fingerprint density at radius 1 is 1.40 bits per heavy atom. The number of alkyl carbamates (subject to hydrolysis) is 1. The summed E-state index contributed by atoms with van der Waals surface area (Å²) in [6.07, 6.45) is 1.86. The summed E-state index contributed by atoms with van der Waals surface area (Å²) in [7, 11) is 0. The Bertz CT molecular complexity index is 248. The number of amides is 1. The molecule has 15 heavy (non-hydrogen) atoms. The van der Waals surface area contributed by atoms with Gasteiger partial charge in [-0.25, -0.2) is 4.79 Å². The van der Waals surface area contributed by atoms with Crippen LogP contribution in [0.2, 0.25) is 0 Å². The van der Waals surface area contributed by atoms with Crippen molar-refractivity contribution in [1.29, 1.82) is 0 Å². The molecule has 3 atom stereocenters. The van der Waals surface area contributed by atoms with Gasteiger partial charge in [0.15, 0.2) is 0 Å². The third-order valence-electron chi connectivity index (χ3n) is 3.06. The van der Waals surface area contributed by atoms with Crippen molar-refractivity contribution in [2.45, 2.75) is 51.3 Å². The van der Waals surface area contributed by atoms with Crippen LogP contribution in [0.25, 0.3) is 0 Å². The third-order valence-corrected chi connectivity index (χ3v) is 3.06. The molecule has 1 aliphatic carbocycles. The number of ether oxygens (including phenoxy) is 1. The third kappa shape index (κ3) is 2.62. The Morgan fingerprint density at radius 2 is 2.13 bits per heavy atom. The second-order valence-electron chi connectivity index (χ2n) is 5.59. The fourth-order valence-electron chi connectivity index (χ4n) is 2.33. The number of carbonyl (C=O) groups is 1. The summed E-state index contributed by atoms with van der Waals surface area (Å²) < 4.78 is 5.22. The van der Waals surface area contributed by atoms with Gasteiger partial charge in [-0.2, -0.15) is 0 Å². The number of fused-ring (bicyclic) bond motifs is 1. The van der Waals surface area contributed by atoms with Gasteiger partial charge in [0.1, 0.15) is 5.60 Å². The van der Waals surface area contributed by atoms with E-state index in [4.69, 9.17) is 4.74 Å². The van der Waals surface area contributed by atoms with Crippen LogP contribution < -0.4 is 10.6 Å². The summed E-state index contributed by atoms with van der Waals surface area (Å²) >= 11 is 0. The highest BCUT2D eigenvalue weighted by atomic mass is 16.6. The van der Waals surface area contributed by atoms with Gasteiger partial charge >= 0.3 is 6.09 Å². The molecule has 1 saturated carbocycles. The zero-order chi connectivity index (χ0) is 11.1. The lowest BCUT2D eigenvalue weighted by Gasteiger charge is -2.31. The second-order valence-corrected chi connectivity index (χ2v) is 5.59. The van der Waals surface area contributed by atoms with Crippen molar-refractivity contribution in [3.8, 4) is 0 Å². The van der Waals surface area contributed by atoms with E-state index < -0.39 is 5.60 Å². The van der Waals surface area contributed by atoms with Gasteiger partial charge in [0.05, 0.1) is 0 Å². The molecule has 0 unspecified atom stereocenters. The molecular formula is C11H20N2O2. The standard InChI is InChI=1S/C11H20N2O2/c1-11(2,3)15-10(14)13-8-4-7-6-12-9(7)5-8/h7-9,12H,4-6H2,1-3H3,(H,13,14)/t7-,8+,9-/m0/s1. The van der Waals surface area contributed by atoms with Crippen LogP contribution in [0.15, 0.2) is 0 Å². The van der Waals surface area contributed by atoms with Crippen molar-refractivity contribution >= 4 is 6.09 Å². The average molecular weight is 212 g/mol. The van der Waals surface area contributed by atoms with Gasteiger partial charge in [0, 0.05) is 12.1 Å². The van der Waals surface area contributed by atoms with Crippen molar-refractivity contribution in [3.63, 3.8) is 0 Å². The minimum Gasteiger partial charge on any atom is -0.444 e. The molecule has 0 aromatic heterocycles. The smallest absolute Gasteiger partial charge is 0.407 e. The molecule has 0 spiro atoms. The Balaban J connectivity index is 1.75. The van der Waals surface area contributed by atoms with Crippen molar-refractivity contribution < 1.29 is 9.53 Å². The minimum atomic E-state index is -0.403. The Hall–Kier alpha value is -0.770. The zero-order valence-corrected chi connectivity index (χ0v) is 9.67. The molecule has 2 N–H and O–H groups in total. The van der Waals surface area contributed by atoms with E-state index in [1.165, 1.54) is 0 Å². The van der Waals surface area contributed by atoms with Crippen LogP contribution in [0.4, 0.5) is 4.79 Å². The molecule has 0 aromatic carbocycles. The van der Waals surface area contributed by atoms with Gasteiger partial charge < -0.3 is 15.4 Å². The lowest BCUT2D eigenvalue weighted by atomic mass is 9.96. The van der Waals surface area contributed by atoms with Crippen molar-refractivity contribution in [3.05, 3.63) is 0 Å². The van der Waals surface area contributed by atoms with Crippen molar-refractivity contribution in [2.75, 3.05) is 6.54 Å². The highest BCUT2D eigenvalue weighted by Crippen LogP contribution is 2.31. The Morgan fingerprint density at radius 3 is 2.53 bits per heavy atom. The molecule has 2 rings (SSSR count). The molecule has 1 aliphatic heterocycles. The summed E-state index contributed by atoms with van der Waals surface area (Å²) in [6, 6.07) is 0.926. The van der Waals surface area contributed by atoms with E-state index in [0.717, 1.165) is 25.3 Å². The molecular weight excluding hydrogens is 192 g/mol. The van der Waals surface area contributed by atoms with Crippen molar-refractivity contribution in [2.24, 2.45) is 5.92 Å². The summed E-state index contributed by atoms with van der Waals surface area (Å²) in [4.78, 5) is 11.5. The highest BCUT2D eigenvalue weighted by molar-refractivity contribution is 5.68. The normalized spacial score (nSPS) is 34.2. The minimum absolute atomic E-state index is 0.284. The number of carbonyl (C=O) groups excluding carboxylic acids is 1. The van der Waals surface area contributed by atoms with Gasteiger partial charge in [-0.1, -0.05) is 0 Å². The summed E-state index contributed by atoms with van der Waals surface area (Å²) in [5.74, 6) is 0.768. The molecule has 4 nitrogen and oxygen atoms in total. The predicted octanol–water partition coefficient (Wildman–Crippen LogP) is 1.26. The van der Waals surface area contributed by atoms with Crippen LogP contribution in [0.1, 0.15) is 33.6 Å². The number of hydrogen-bond donors (Lipinski definition) is 2. The fraction of sp³-hybridized carbons (Fsp3) is 0.909. The zero-order valence-electron chi connectivity index (χ0n) is 9.67. The Kier molecular flexibility index (Phi) is 2.63. The molecule has 1 heterocycles. The summed E-state index contributed by atoms with van der Waals surface area (Å²) in [5, 5.41) is 6.30. The van der Waals surface area contributed by atoms with E-state index in [-0.39, 0.29) is 6.09 Å². The van der Waals surface area contributed by atoms with Crippen LogP contribution in [0, 0.1) is 5.92 Å². The molecule has 0 bridgehead atoms. The second kappa shape index (κ2) is 3.67. The topological polar surface area (TPSA) is 50.4 Å². The molecule has 0 radical (unpaired) electrons. The van der Waals surface area contributed by atoms with Gasteiger partial charge in [-0.15, -0.1) is 0 Å². The number of hydrogen-bond acceptors (Lipinski definition) is 3. The molecule has 1 saturated heterocycles. The molecule has 4 heteroatoms.